The minimum absolute atomic E-state index is 0.325. The molecule has 1 heterocycles. The lowest BCUT2D eigenvalue weighted by Crippen LogP contribution is -2.51. The number of rotatable bonds is 2. The lowest BCUT2D eigenvalue weighted by atomic mass is 9.78. The average Bonchev–Trinajstić information content (AvgIpc) is 2.80. The fraction of sp³-hybridized carbons (Fsp3) is 0.222. The van der Waals surface area contributed by atoms with E-state index in [9.17, 15) is 9.90 Å². The molecule has 2 aromatic rings. The van der Waals surface area contributed by atoms with E-state index in [-0.39, 0.29) is 5.91 Å². The molecule has 0 radical (unpaired) electrons. The van der Waals surface area contributed by atoms with Crippen molar-refractivity contribution >= 4 is 12.1 Å². The van der Waals surface area contributed by atoms with Crippen molar-refractivity contribution in [2.75, 3.05) is 0 Å². The fourth-order valence-corrected chi connectivity index (χ4v) is 2.72. The van der Waals surface area contributed by atoms with E-state index >= 15 is 0 Å². The summed E-state index contributed by atoms with van der Waals surface area (Å²) < 4.78 is 0. The van der Waals surface area contributed by atoms with Crippen LogP contribution < -0.4 is 0 Å². The minimum atomic E-state index is -1.51. The largest absolute Gasteiger partial charge is 0.365 e. The summed E-state index contributed by atoms with van der Waals surface area (Å²) in [6, 6.07) is 18.0. The molecule has 0 fully saturated rings. The molecule has 1 aliphatic rings. The minimum Gasteiger partial charge on any atom is -0.365 e. The zero-order chi connectivity index (χ0) is 15.8. The van der Waals surface area contributed by atoms with Gasteiger partial charge in [-0.15, -0.1) is 0 Å². The molecule has 1 N–H and O–H groups in total. The number of hydrogen-bond donors (Lipinski definition) is 1. The maximum absolute atomic E-state index is 12.8. The van der Waals surface area contributed by atoms with E-state index in [0.717, 1.165) is 0 Å². The van der Waals surface area contributed by atoms with Gasteiger partial charge in [0.1, 0.15) is 0 Å². The average molecular weight is 294 g/mol. The van der Waals surface area contributed by atoms with Crippen molar-refractivity contribution in [1.29, 1.82) is 0 Å². The third-order valence-corrected chi connectivity index (χ3v) is 4.09. The van der Waals surface area contributed by atoms with Crippen LogP contribution in [0.5, 0.6) is 0 Å². The molecule has 1 unspecified atom stereocenters. The van der Waals surface area contributed by atoms with Crippen LogP contribution in [-0.4, -0.2) is 22.2 Å². The first-order valence-corrected chi connectivity index (χ1v) is 7.19. The zero-order valence-corrected chi connectivity index (χ0v) is 12.6. The number of nitrogens with zero attached hydrogens (tertiary/aromatic N) is 2. The third-order valence-electron chi connectivity index (χ3n) is 4.09. The molecule has 3 rings (SSSR count). The summed E-state index contributed by atoms with van der Waals surface area (Å²) in [6.07, 6.45) is 1.63. The Balaban J connectivity index is 2.08. The molecule has 0 aliphatic carbocycles. The number of benzene rings is 2. The number of hydrazone groups is 1. The summed E-state index contributed by atoms with van der Waals surface area (Å²) >= 11 is 0. The van der Waals surface area contributed by atoms with Crippen molar-refractivity contribution in [2.45, 2.75) is 19.6 Å². The highest BCUT2D eigenvalue weighted by atomic mass is 16.3. The van der Waals surface area contributed by atoms with Crippen molar-refractivity contribution in [3.05, 3.63) is 71.8 Å². The zero-order valence-electron chi connectivity index (χ0n) is 12.6. The van der Waals surface area contributed by atoms with Crippen LogP contribution in [0.25, 0.3) is 0 Å². The lowest BCUT2D eigenvalue weighted by molar-refractivity contribution is -0.132. The Morgan fingerprint density at radius 2 is 1.55 bits per heavy atom. The van der Waals surface area contributed by atoms with E-state index in [4.69, 9.17) is 0 Å². The van der Waals surface area contributed by atoms with E-state index in [1.54, 1.807) is 30.5 Å². The highest BCUT2D eigenvalue weighted by Gasteiger charge is 2.55. The summed E-state index contributed by atoms with van der Waals surface area (Å²) in [6.45, 7) is 3.73. The molecule has 0 saturated heterocycles. The van der Waals surface area contributed by atoms with Crippen molar-refractivity contribution < 1.29 is 9.90 Å². The Morgan fingerprint density at radius 1 is 1.00 bits per heavy atom. The number of aliphatic hydroxyl groups is 1. The second-order valence-corrected chi connectivity index (χ2v) is 5.99. The van der Waals surface area contributed by atoms with Crippen LogP contribution in [0.1, 0.15) is 29.8 Å². The van der Waals surface area contributed by atoms with Crippen molar-refractivity contribution in [3.8, 4) is 0 Å². The predicted molar refractivity (Wildman–Crippen MR) is 85.2 cm³/mol. The molecule has 0 spiro atoms. The molecule has 4 heteroatoms. The normalized spacial score (nSPS) is 22.8. The van der Waals surface area contributed by atoms with E-state index in [0.29, 0.717) is 11.1 Å². The van der Waals surface area contributed by atoms with E-state index in [1.165, 1.54) is 5.01 Å². The van der Waals surface area contributed by atoms with Crippen LogP contribution >= 0.6 is 0 Å². The van der Waals surface area contributed by atoms with Crippen molar-refractivity contribution in [1.82, 2.24) is 5.01 Å². The number of hydrogen-bond acceptors (Lipinski definition) is 3. The molecule has 112 valence electrons. The monoisotopic (exact) mass is 294 g/mol. The Labute approximate surface area is 129 Å². The Bertz CT molecular complexity index is 710. The molecular formula is C18H18N2O2. The molecule has 1 atom stereocenters. The van der Waals surface area contributed by atoms with Gasteiger partial charge >= 0.3 is 0 Å². The standard InChI is InChI=1S/C18H18N2O2/c1-17(2)13-19-20(16(21)14-9-5-3-6-10-14)18(17,22)15-11-7-4-8-12-15/h3-13,22H,1-2H3. The quantitative estimate of drug-likeness (QED) is 0.925. The predicted octanol–water partition coefficient (Wildman–Crippen LogP) is 3.00. The summed E-state index contributed by atoms with van der Waals surface area (Å²) in [4.78, 5) is 12.8. The molecule has 4 nitrogen and oxygen atoms in total. The molecular weight excluding hydrogens is 276 g/mol. The topological polar surface area (TPSA) is 52.9 Å². The van der Waals surface area contributed by atoms with E-state index in [1.807, 2.05) is 50.2 Å². The van der Waals surface area contributed by atoms with Gasteiger partial charge in [0.2, 0.25) is 0 Å². The van der Waals surface area contributed by atoms with E-state index in [2.05, 4.69) is 5.10 Å². The Morgan fingerprint density at radius 3 is 2.14 bits per heavy atom. The molecule has 0 saturated carbocycles. The number of carbonyl (C=O) groups excluding carboxylic acids is 1. The molecule has 1 amide bonds. The van der Waals surface area contributed by atoms with Gasteiger partial charge in [-0.1, -0.05) is 48.5 Å². The van der Waals surface area contributed by atoms with Gasteiger partial charge in [-0.05, 0) is 26.0 Å². The van der Waals surface area contributed by atoms with Gasteiger partial charge in [0.15, 0.2) is 5.72 Å². The van der Waals surface area contributed by atoms with Crippen molar-refractivity contribution in [3.63, 3.8) is 0 Å². The van der Waals surface area contributed by atoms with Crippen LogP contribution in [0.15, 0.2) is 65.8 Å². The lowest BCUT2D eigenvalue weighted by Gasteiger charge is -2.40. The highest BCUT2D eigenvalue weighted by Crippen LogP contribution is 2.45. The third kappa shape index (κ3) is 2.04. The summed E-state index contributed by atoms with van der Waals surface area (Å²) in [7, 11) is 0. The first-order chi connectivity index (χ1) is 10.5. The molecule has 1 aliphatic heterocycles. The van der Waals surface area contributed by atoms with Gasteiger partial charge in [-0.25, -0.2) is 0 Å². The fourth-order valence-electron chi connectivity index (χ4n) is 2.72. The Hall–Kier alpha value is -2.46. The van der Waals surface area contributed by atoms with Gasteiger partial charge < -0.3 is 5.11 Å². The SMILES string of the molecule is CC1(C)C=NN(C(=O)c2ccccc2)C1(O)c1ccccc1. The van der Waals surface area contributed by atoms with Gasteiger partial charge in [0.05, 0.1) is 5.41 Å². The number of carbonyl (C=O) groups is 1. The van der Waals surface area contributed by atoms with Crippen molar-refractivity contribution in [2.24, 2.45) is 10.5 Å². The number of amides is 1. The van der Waals surface area contributed by atoms with Gasteiger partial charge in [-0.3, -0.25) is 4.79 Å². The first-order valence-electron chi connectivity index (χ1n) is 7.19. The van der Waals surface area contributed by atoms with Gasteiger partial charge in [0.25, 0.3) is 5.91 Å². The Kier molecular flexibility index (Phi) is 3.34. The summed E-state index contributed by atoms with van der Waals surface area (Å²) in [5.41, 5.74) is -1.08. The maximum atomic E-state index is 12.8. The second kappa shape index (κ2) is 5.07. The first kappa shape index (κ1) is 14.5. The molecule has 2 aromatic carbocycles. The van der Waals surface area contributed by atoms with Gasteiger partial charge in [-0.2, -0.15) is 10.1 Å². The highest BCUT2D eigenvalue weighted by molar-refractivity contribution is 5.96. The maximum Gasteiger partial charge on any atom is 0.276 e. The summed E-state index contributed by atoms with van der Waals surface area (Å²) in [5, 5.41) is 16.7. The van der Waals surface area contributed by atoms with Crippen LogP contribution in [0, 0.1) is 5.41 Å². The molecule has 22 heavy (non-hydrogen) atoms. The van der Waals surface area contributed by atoms with Crippen LogP contribution in [0.3, 0.4) is 0 Å². The van der Waals surface area contributed by atoms with Crippen LogP contribution in [-0.2, 0) is 5.72 Å². The van der Waals surface area contributed by atoms with Crippen LogP contribution in [0.4, 0.5) is 0 Å². The van der Waals surface area contributed by atoms with E-state index < -0.39 is 11.1 Å². The van der Waals surface area contributed by atoms with Crippen LogP contribution in [0.2, 0.25) is 0 Å². The van der Waals surface area contributed by atoms with Gasteiger partial charge in [0, 0.05) is 17.3 Å². The summed E-state index contributed by atoms with van der Waals surface area (Å²) in [5.74, 6) is -0.325. The second-order valence-electron chi connectivity index (χ2n) is 5.99. The smallest absolute Gasteiger partial charge is 0.276 e. The molecule has 0 bridgehead atoms. The molecule has 0 aromatic heterocycles.